The average molecular weight is 147 g/mol. The third-order valence-electron chi connectivity index (χ3n) is 0.521. The molecule has 0 aromatic heterocycles. The van der Waals surface area contributed by atoms with E-state index in [0.717, 1.165) is 0 Å². The molecule has 0 spiro atoms. The van der Waals surface area contributed by atoms with Crippen molar-refractivity contribution in [2.75, 3.05) is 13.2 Å². The number of primary amides is 1. The lowest BCUT2D eigenvalue weighted by atomic mass is 10.3. The van der Waals surface area contributed by atoms with Gasteiger partial charge in [0.15, 0.2) is 0 Å². The summed E-state index contributed by atoms with van der Waals surface area (Å²) in [6, 6.07) is 0. The van der Waals surface area contributed by atoms with E-state index in [1.807, 2.05) is 0 Å². The zero-order chi connectivity index (χ0) is 8.57. The molecule has 4 nitrogen and oxygen atoms in total. The van der Waals surface area contributed by atoms with E-state index in [0.29, 0.717) is 5.57 Å². The fourth-order valence-electron chi connectivity index (χ4n) is 0. The van der Waals surface area contributed by atoms with Crippen LogP contribution in [-0.2, 0) is 4.79 Å². The normalized spacial score (nSPS) is 7.50. The third-order valence-corrected chi connectivity index (χ3v) is 0.521. The fourth-order valence-corrected chi connectivity index (χ4v) is 0. The standard InChI is InChI=1S/C4H7NO.C2H6O2/c1-3(2)4(5)6;3-1-2-4/h1H2,2H3,(H2,5,6);3-4H,1-2H2. The Morgan fingerprint density at radius 3 is 1.70 bits per heavy atom. The highest BCUT2D eigenvalue weighted by Crippen LogP contribution is 1.78. The van der Waals surface area contributed by atoms with Gasteiger partial charge in [-0.3, -0.25) is 4.79 Å². The van der Waals surface area contributed by atoms with Crippen molar-refractivity contribution in [1.82, 2.24) is 0 Å². The number of amides is 1. The van der Waals surface area contributed by atoms with E-state index in [1.54, 1.807) is 6.92 Å². The summed E-state index contributed by atoms with van der Waals surface area (Å²) in [7, 11) is 0. The number of nitrogens with two attached hydrogens (primary N) is 1. The lowest BCUT2D eigenvalue weighted by Crippen LogP contribution is -2.10. The molecule has 0 bridgehead atoms. The van der Waals surface area contributed by atoms with Crippen molar-refractivity contribution in [3.63, 3.8) is 0 Å². The van der Waals surface area contributed by atoms with Gasteiger partial charge in [0.1, 0.15) is 0 Å². The average Bonchev–Trinajstić information content (AvgIpc) is 1.89. The molecule has 0 fully saturated rings. The molecule has 0 saturated carbocycles. The Morgan fingerprint density at radius 1 is 1.50 bits per heavy atom. The quantitative estimate of drug-likeness (QED) is 0.439. The highest BCUT2D eigenvalue weighted by Gasteiger charge is 1.86. The summed E-state index contributed by atoms with van der Waals surface area (Å²) in [4.78, 5) is 9.82. The maximum absolute atomic E-state index is 9.82. The molecule has 0 aliphatic rings. The predicted molar refractivity (Wildman–Crippen MR) is 38.2 cm³/mol. The number of aliphatic hydroxyl groups excluding tert-OH is 2. The van der Waals surface area contributed by atoms with Gasteiger partial charge < -0.3 is 15.9 Å². The first-order chi connectivity index (χ1) is 4.56. The molecule has 0 rings (SSSR count). The molecule has 0 aromatic carbocycles. The number of carbonyl (C=O) groups is 1. The zero-order valence-corrected chi connectivity index (χ0v) is 6.00. The van der Waals surface area contributed by atoms with Gasteiger partial charge in [-0.15, -0.1) is 0 Å². The molecule has 0 heterocycles. The van der Waals surface area contributed by atoms with Crippen LogP contribution in [0, 0.1) is 0 Å². The lowest BCUT2D eigenvalue weighted by molar-refractivity contribution is -0.114. The molecule has 0 saturated heterocycles. The van der Waals surface area contributed by atoms with Gasteiger partial charge in [0, 0.05) is 5.57 Å². The van der Waals surface area contributed by atoms with Crippen molar-refractivity contribution in [3.8, 4) is 0 Å². The van der Waals surface area contributed by atoms with Crippen LogP contribution in [0.4, 0.5) is 0 Å². The van der Waals surface area contributed by atoms with Gasteiger partial charge in [-0.1, -0.05) is 6.58 Å². The second kappa shape index (κ2) is 8.13. The molecule has 0 aliphatic carbocycles. The van der Waals surface area contributed by atoms with Gasteiger partial charge in [0.05, 0.1) is 13.2 Å². The first-order valence-corrected chi connectivity index (χ1v) is 2.73. The van der Waals surface area contributed by atoms with Gasteiger partial charge in [-0.2, -0.15) is 0 Å². The van der Waals surface area contributed by atoms with Gasteiger partial charge in [0.25, 0.3) is 0 Å². The van der Waals surface area contributed by atoms with Crippen molar-refractivity contribution in [2.45, 2.75) is 6.92 Å². The Kier molecular flexibility index (Phi) is 9.65. The minimum absolute atomic E-state index is 0.125. The summed E-state index contributed by atoms with van der Waals surface area (Å²) >= 11 is 0. The number of hydrogen-bond acceptors (Lipinski definition) is 3. The molecule has 0 atom stereocenters. The summed E-state index contributed by atoms with van der Waals surface area (Å²) in [5.74, 6) is -0.435. The second-order valence-corrected chi connectivity index (χ2v) is 1.59. The van der Waals surface area contributed by atoms with Crippen LogP contribution in [0.1, 0.15) is 6.92 Å². The number of aliphatic hydroxyl groups is 2. The van der Waals surface area contributed by atoms with Crippen molar-refractivity contribution >= 4 is 5.91 Å². The van der Waals surface area contributed by atoms with Crippen LogP contribution >= 0.6 is 0 Å². The summed E-state index contributed by atoms with van der Waals surface area (Å²) < 4.78 is 0. The molecule has 0 unspecified atom stereocenters. The van der Waals surface area contributed by atoms with Crippen molar-refractivity contribution in [2.24, 2.45) is 5.73 Å². The maximum atomic E-state index is 9.82. The number of rotatable bonds is 2. The van der Waals surface area contributed by atoms with Crippen molar-refractivity contribution in [1.29, 1.82) is 0 Å². The Labute approximate surface area is 60.0 Å². The predicted octanol–water partition coefficient (Wildman–Crippen LogP) is -0.981. The van der Waals surface area contributed by atoms with Crippen LogP contribution < -0.4 is 5.73 Å². The van der Waals surface area contributed by atoms with E-state index in [1.165, 1.54) is 0 Å². The van der Waals surface area contributed by atoms with E-state index >= 15 is 0 Å². The Bertz CT molecular complexity index is 97.6. The van der Waals surface area contributed by atoms with Gasteiger partial charge in [0.2, 0.25) is 5.91 Å². The Morgan fingerprint density at radius 2 is 1.70 bits per heavy atom. The molecule has 0 aromatic rings. The van der Waals surface area contributed by atoms with Crippen LogP contribution in [0.2, 0.25) is 0 Å². The van der Waals surface area contributed by atoms with Crippen LogP contribution in [0.5, 0.6) is 0 Å². The lowest BCUT2D eigenvalue weighted by Gasteiger charge is -1.81. The number of carbonyl (C=O) groups excluding carboxylic acids is 1. The molecule has 1 amide bonds. The van der Waals surface area contributed by atoms with Crippen molar-refractivity contribution in [3.05, 3.63) is 12.2 Å². The minimum atomic E-state index is -0.435. The van der Waals surface area contributed by atoms with Crippen LogP contribution in [0.3, 0.4) is 0 Å². The third kappa shape index (κ3) is 15.7. The highest BCUT2D eigenvalue weighted by atomic mass is 16.3. The fraction of sp³-hybridized carbons (Fsp3) is 0.500. The largest absolute Gasteiger partial charge is 0.394 e. The van der Waals surface area contributed by atoms with E-state index in [9.17, 15) is 4.79 Å². The SMILES string of the molecule is C=C(C)C(N)=O.OCCO. The van der Waals surface area contributed by atoms with Crippen LogP contribution in [-0.4, -0.2) is 29.3 Å². The van der Waals surface area contributed by atoms with E-state index in [4.69, 9.17) is 15.9 Å². The Balaban J connectivity index is 0. The summed E-state index contributed by atoms with van der Waals surface area (Å²) in [6.45, 7) is 4.60. The molecule has 0 aliphatic heterocycles. The van der Waals surface area contributed by atoms with Crippen LogP contribution in [0.15, 0.2) is 12.2 Å². The molecule has 60 valence electrons. The first kappa shape index (κ1) is 11.9. The summed E-state index contributed by atoms with van der Waals surface area (Å²) in [6.07, 6.45) is 0. The number of hydrogen-bond donors (Lipinski definition) is 3. The van der Waals surface area contributed by atoms with Crippen molar-refractivity contribution < 1.29 is 15.0 Å². The maximum Gasteiger partial charge on any atom is 0.243 e. The van der Waals surface area contributed by atoms with E-state index < -0.39 is 5.91 Å². The van der Waals surface area contributed by atoms with Crippen LogP contribution in [0.25, 0.3) is 0 Å². The molecule has 4 N–H and O–H groups in total. The Hall–Kier alpha value is -0.870. The van der Waals surface area contributed by atoms with E-state index in [2.05, 4.69) is 6.58 Å². The molecule has 4 heteroatoms. The molecule has 10 heavy (non-hydrogen) atoms. The molecular formula is C6H13NO3. The zero-order valence-electron chi connectivity index (χ0n) is 6.00. The monoisotopic (exact) mass is 147 g/mol. The summed E-state index contributed by atoms with van der Waals surface area (Å²) in [5, 5.41) is 15.2. The highest BCUT2D eigenvalue weighted by molar-refractivity contribution is 5.90. The minimum Gasteiger partial charge on any atom is -0.394 e. The second-order valence-electron chi connectivity index (χ2n) is 1.59. The summed E-state index contributed by atoms with van der Waals surface area (Å²) in [5.41, 5.74) is 5.09. The topological polar surface area (TPSA) is 83.6 Å². The smallest absolute Gasteiger partial charge is 0.243 e. The van der Waals surface area contributed by atoms with Gasteiger partial charge >= 0.3 is 0 Å². The van der Waals surface area contributed by atoms with Gasteiger partial charge in [-0.25, -0.2) is 0 Å². The molecule has 0 radical (unpaired) electrons. The first-order valence-electron chi connectivity index (χ1n) is 2.73. The van der Waals surface area contributed by atoms with Gasteiger partial charge in [-0.05, 0) is 6.92 Å². The van der Waals surface area contributed by atoms with E-state index in [-0.39, 0.29) is 13.2 Å². The molecular weight excluding hydrogens is 134 g/mol.